The van der Waals surface area contributed by atoms with Gasteiger partial charge in [-0.25, -0.2) is 0 Å². The van der Waals surface area contributed by atoms with E-state index in [1.165, 1.54) is 56.0 Å². The number of carbonyl (C=O) groups excluding carboxylic acids is 5. The van der Waals surface area contributed by atoms with Crippen LogP contribution in [0.4, 0.5) is 5.69 Å². The molecule has 1 heterocycles. The van der Waals surface area contributed by atoms with Gasteiger partial charge in [0.05, 0.1) is 0 Å². The highest BCUT2D eigenvalue weighted by atomic mass is 16.2. The van der Waals surface area contributed by atoms with Crippen LogP contribution in [0.25, 0.3) is 0 Å². The van der Waals surface area contributed by atoms with E-state index >= 15 is 0 Å². The molecule has 5 aliphatic rings. The van der Waals surface area contributed by atoms with Gasteiger partial charge < -0.3 is 25.8 Å². The number of nitrogens with one attached hydrogen (secondary N) is 4. The first-order valence-corrected chi connectivity index (χ1v) is 16.1. The number of anilines is 1. The summed E-state index contributed by atoms with van der Waals surface area (Å²) in [6.45, 7) is -0.172. The molecule has 4 N–H and O–H groups in total. The number of benzene rings is 1. The lowest BCUT2D eigenvalue weighted by molar-refractivity contribution is -0.138. The summed E-state index contributed by atoms with van der Waals surface area (Å²) in [6.07, 6.45) is 8.16. The van der Waals surface area contributed by atoms with Crippen LogP contribution in [0.15, 0.2) is 47.4 Å². The molecule has 1 atom stereocenters. The van der Waals surface area contributed by atoms with Gasteiger partial charge >= 0.3 is 0 Å². The number of rotatable bonds is 11. The second-order valence-electron chi connectivity index (χ2n) is 13.3. The number of hydrogen-bond donors (Lipinski definition) is 4. The zero-order valence-electron chi connectivity index (χ0n) is 25.6. The zero-order chi connectivity index (χ0) is 31.7. The highest BCUT2D eigenvalue weighted by Crippen LogP contribution is 2.53. The highest BCUT2D eigenvalue weighted by molar-refractivity contribution is 6.36. The summed E-state index contributed by atoms with van der Waals surface area (Å²) >= 11 is 0. The van der Waals surface area contributed by atoms with Crippen molar-refractivity contribution in [1.29, 1.82) is 0 Å². The van der Waals surface area contributed by atoms with Crippen LogP contribution in [-0.4, -0.2) is 53.1 Å². The minimum Gasteiger partial charge on any atom is -0.353 e. The second kappa shape index (κ2) is 13.0. The van der Waals surface area contributed by atoms with Gasteiger partial charge in [-0.1, -0.05) is 24.3 Å². The number of hydrogen-bond acceptors (Lipinski definition) is 6. The Hall–Kier alpha value is -4.28. The van der Waals surface area contributed by atoms with E-state index in [2.05, 4.69) is 21.3 Å². The van der Waals surface area contributed by atoms with E-state index in [-0.39, 0.29) is 54.6 Å². The van der Waals surface area contributed by atoms with Crippen molar-refractivity contribution in [2.75, 3.05) is 12.4 Å². The van der Waals surface area contributed by atoms with Gasteiger partial charge in [0.2, 0.25) is 23.5 Å². The fourth-order valence-electron chi connectivity index (χ4n) is 8.35. The molecule has 4 amide bonds. The molecule has 0 aliphatic heterocycles. The monoisotopic (exact) mass is 623 g/mol. The van der Waals surface area contributed by atoms with Crippen LogP contribution in [-0.2, 0) is 43.4 Å². The first kappa shape index (κ1) is 30.7. The molecule has 2 aromatic rings. The fourth-order valence-corrected chi connectivity index (χ4v) is 8.35. The number of ketones is 1. The van der Waals surface area contributed by atoms with Gasteiger partial charge in [-0.2, -0.15) is 0 Å². The van der Waals surface area contributed by atoms with Crippen LogP contribution in [0.1, 0.15) is 61.8 Å². The molecule has 7 rings (SSSR count). The molecule has 246 valence electrons. The number of fused-ring (bicyclic) bond motifs is 1. The highest BCUT2D eigenvalue weighted by Gasteiger charge is 2.48. The van der Waals surface area contributed by atoms with Crippen molar-refractivity contribution in [3.8, 4) is 0 Å². The van der Waals surface area contributed by atoms with Crippen LogP contribution in [0.5, 0.6) is 0 Å². The largest absolute Gasteiger partial charge is 0.353 e. The van der Waals surface area contributed by atoms with Gasteiger partial charge in [0.1, 0.15) is 18.3 Å². The Labute approximate surface area is 267 Å². The Bertz CT molecular complexity index is 1530. The predicted molar refractivity (Wildman–Crippen MR) is 174 cm³/mol. The van der Waals surface area contributed by atoms with Crippen molar-refractivity contribution in [2.45, 2.75) is 76.4 Å². The van der Waals surface area contributed by atoms with Crippen LogP contribution >= 0.6 is 0 Å². The van der Waals surface area contributed by atoms with Crippen molar-refractivity contribution in [2.24, 2.45) is 29.6 Å². The summed E-state index contributed by atoms with van der Waals surface area (Å²) in [5.74, 6) is -0.552. The number of nitrogens with zero attached hydrogens (tertiary/aromatic N) is 1. The molecule has 4 fully saturated rings. The first-order valence-electron chi connectivity index (χ1n) is 16.1. The van der Waals surface area contributed by atoms with Crippen LogP contribution in [0, 0.1) is 29.6 Å². The third-order valence-corrected chi connectivity index (χ3v) is 10.3. The molecule has 4 bridgehead atoms. The van der Waals surface area contributed by atoms with Gasteiger partial charge in [-0.15, -0.1) is 0 Å². The van der Waals surface area contributed by atoms with Gasteiger partial charge in [-0.05, 0) is 98.3 Å². The molecule has 1 aromatic carbocycles. The molecule has 0 spiro atoms. The third kappa shape index (κ3) is 6.72. The molecule has 0 radical (unpaired) electrons. The third-order valence-electron chi connectivity index (χ3n) is 10.3. The molecule has 11 nitrogen and oxygen atoms in total. The molecular weight excluding hydrogens is 574 g/mol. The average Bonchev–Trinajstić information content (AvgIpc) is 3.46. The topological polar surface area (TPSA) is 155 Å². The van der Waals surface area contributed by atoms with Crippen LogP contribution < -0.4 is 26.8 Å². The van der Waals surface area contributed by atoms with E-state index in [4.69, 9.17) is 0 Å². The Balaban J connectivity index is 0.00000208. The van der Waals surface area contributed by atoms with Crippen molar-refractivity contribution in [3.63, 3.8) is 0 Å². The number of amides is 4. The fraction of sp³-hybridized carbons (Fsp3) is 0.529. The lowest BCUT2D eigenvalue weighted by Crippen LogP contribution is -2.56. The maximum absolute atomic E-state index is 13.5. The van der Waals surface area contributed by atoms with Gasteiger partial charge in [0, 0.05) is 37.3 Å². The summed E-state index contributed by atoms with van der Waals surface area (Å²) in [7, 11) is 1.34. The second-order valence-corrected chi connectivity index (χ2v) is 13.3. The molecule has 0 saturated heterocycles. The molecule has 0 unspecified atom stereocenters. The van der Waals surface area contributed by atoms with Gasteiger partial charge in [0.25, 0.3) is 11.5 Å². The maximum Gasteiger partial charge on any atom is 0.287 e. The smallest absolute Gasteiger partial charge is 0.287 e. The van der Waals surface area contributed by atoms with E-state index in [0.29, 0.717) is 24.7 Å². The molecule has 11 heteroatoms. The number of Topliss-reactive ketones (excluding diaryl/α,β-unsaturated/α-hetero) is 1. The number of pyridine rings is 1. The zero-order valence-corrected chi connectivity index (χ0v) is 25.6. The van der Waals surface area contributed by atoms with E-state index in [1.807, 2.05) is 24.3 Å². The molecule has 5 aliphatic carbocycles. The molecular formula is C34H49N5O6. The number of aromatic nitrogens is 1. The molecule has 4 saturated carbocycles. The Morgan fingerprint density at radius 2 is 1.56 bits per heavy atom. The van der Waals surface area contributed by atoms with Gasteiger partial charge in [-0.3, -0.25) is 28.8 Å². The number of carbonyl (C=O) groups is 5. The molecule has 45 heavy (non-hydrogen) atoms. The number of likely N-dealkylation sites (N-methyl/N-ethyl adjacent to an activating group) is 1. The SMILES string of the molecule is CNC(=O)C(=O)CC[C@H](NC(=O)C1Cc2ccccc2C1)C(=O)Nc1cccn(CC(=O)NC2C3CC4CC(C3)CC2C4)c1=O.[HH].[HH].[HH].[HH]. The predicted octanol–water partition coefficient (Wildman–Crippen LogP) is 2.71. The average molecular weight is 624 g/mol. The van der Waals surface area contributed by atoms with Crippen molar-refractivity contribution in [1.82, 2.24) is 20.5 Å². The Kier molecular flexibility index (Phi) is 8.87. The van der Waals surface area contributed by atoms with E-state index in [0.717, 1.165) is 23.0 Å². The van der Waals surface area contributed by atoms with Gasteiger partial charge in [0.15, 0.2) is 0 Å². The summed E-state index contributed by atoms with van der Waals surface area (Å²) in [5.41, 5.74) is 1.55. The van der Waals surface area contributed by atoms with E-state index < -0.39 is 29.2 Å². The summed E-state index contributed by atoms with van der Waals surface area (Å²) < 4.78 is 1.26. The Morgan fingerprint density at radius 1 is 0.911 bits per heavy atom. The maximum atomic E-state index is 13.5. The minimum absolute atomic E-state index is 0. The quantitative estimate of drug-likeness (QED) is 0.282. The van der Waals surface area contributed by atoms with Crippen LogP contribution in [0.2, 0.25) is 0 Å². The van der Waals surface area contributed by atoms with Crippen molar-refractivity contribution >= 4 is 35.1 Å². The lowest BCUT2D eigenvalue weighted by Gasteiger charge is -2.54. The summed E-state index contributed by atoms with van der Waals surface area (Å²) in [4.78, 5) is 77.1. The standard InChI is InChI=1S/C34H41N5O6.4H2/c1-35-33(44)28(40)9-8-26(36-31(42)25-16-21-5-2-3-6-22(21)17-25)32(43)37-27-7-4-10-39(34(27)45)18-29(41)38-30-23-12-19-11-20(14-23)15-24(30)13-19;;;;/h2-7,10,19-20,23-26,30H,8-9,11-18H2,1H3,(H,35,44)(H,36,42)(H,37,43)(H,38,41);4*1H/t19?,20?,23?,24?,26-,30?;;;;/m0..../s1. The normalized spacial score (nSPS) is 25.2. The van der Waals surface area contributed by atoms with E-state index in [1.54, 1.807) is 6.07 Å². The summed E-state index contributed by atoms with van der Waals surface area (Å²) in [6, 6.07) is 9.77. The van der Waals surface area contributed by atoms with Crippen LogP contribution in [0.3, 0.4) is 0 Å². The first-order chi connectivity index (χ1) is 21.7. The van der Waals surface area contributed by atoms with E-state index in [9.17, 15) is 28.8 Å². The summed E-state index contributed by atoms with van der Waals surface area (Å²) in [5, 5.41) is 10.8. The lowest BCUT2D eigenvalue weighted by atomic mass is 9.54. The van der Waals surface area contributed by atoms with Crippen molar-refractivity contribution < 1.29 is 29.7 Å². The molecule has 1 aromatic heterocycles. The van der Waals surface area contributed by atoms with Crippen molar-refractivity contribution in [3.05, 3.63) is 64.1 Å². The minimum atomic E-state index is -1.16. The Morgan fingerprint density at radius 3 is 2.18 bits per heavy atom.